The van der Waals surface area contributed by atoms with Gasteiger partial charge < -0.3 is 10.4 Å². The predicted molar refractivity (Wildman–Crippen MR) is 79.5 cm³/mol. The maximum atomic E-state index is 12.2. The Bertz CT molecular complexity index is 438. The van der Waals surface area contributed by atoms with E-state index >= 15 is 0 Å². The summed E-state index contributed by atoms with van der Waals surface area (Å²) in [6, 6.07) is 1.63. The summed E-state index contributed by atoms with van der Waals surface area (Å²) in [7, 11) is 1.77. The third-order valence-electron chi connectivity index (χ3n) is 3.09. The number of nitrogens with zero attached hydrogens (tertiary/aromatic N) is 2. The number of amides is 1. The average molecular weight is 281 g/mol. The van der Waals surface area contributed by atoms with Crippen molar-refractivity contribution in [1.82, 2.24) is 15.1 Å². The van der Waals surface area contributed by atoms with Gasteiger partial charge in [-0.1, -0.05) is 27.7 Å². The molecule has 5 nitrogen and oxygen atoms in total. The van der Waals surface area contributed by atoms with Crippen molar-refractivity contribution in [3.63, 3.8) is 0 Å². The zero-order chi connectivity index (χ0) is 15.3. The molecule has 0 aliphatic carbocycles. The van der Waals surface area contributed by atoms with E-state index in [-0.39, 0.29) is 18.6 Å². The Morgan fingerprint density at radius 3 is 2.50 bits per heavy atom. The number of aryl methyl sites for hydroxylation is 1. The second-order valence-corrected chi connectivity index (χ2v) is 6.23. The van der Waals surface area contributed by atoms with Crippen LogP contribution in [0, 0.1) is 11.8 Å². The molecule has 1 heterocycles. The molecule has 0 saturated carbocycles. The second-order valence-electron chi connectivity index (χ2n) is 6.23. The smallest absolute Gasteiger partial charge is 0.269 e. The van der Waals surface area contributed by atoms with Crippen molar-refractivity contribution in [2.24, 2.45) is 18.9 Å². The lowest BCUT2D eigenvalue weighted by molar-refractivity contribution is 0.0899. The van der Waals surface area contributed by atoms with Gasteiger partial charge in [0.1, 0.15) is 5.69 Å². The van der Waals surface area contributed by atoms with Gasteiger partial charge in [0, 0.05) is 7.05 Å². The normalized spacial score (nSPS) is 13.0. The molecule has 1 aromatic rings. The van der Waals surface area contributed by atoms with Crippen LogP contribution in [0.2, 0.25) is 0 Å². The zero-order valence-electron chi connectivity index (χ0n) is 13.2. The van der Waals surface area contributed by atoms with Crippen molar-refractivity contribution in [1.29, 1.82) is 0 Å². The van der Waals surface area contributed by atoms with E-state index in [1.807, 2.05) is 6.07 Å². The lowest BCUT2D eigenvalue weighted by Crippen LogP contribution is -2.39. The molecule has 0 unspecified atom stereocenters. The van der Waals surface area contributed by atoms with Gasteiger partial charge in [0.2, 0.25) is 0 Å². The van der Waals surface area contributed by atoms with E-state index in [1.54, 1.807) is 11.7 Å². The topological polar surface area (TPSA) is 67.2 Å². The molecule has 0 bridgehead atoms. The van der Waals surface area contributed by atoms with Crippen molar-refractivity contribution in [3.05, 3.63) is 17.5 Å². The third kappa shape index (κ3) is 4.96. The molecular formula is C15H27N3O2. The van der Waals surface area contributed by atoms with Gasteiger partial charge in [0.05, 0.1) is 18.3 Å². The highest BCUT2D eigenvalue weighted by Gasteiger charge is 2.18. The van der Waals surface area contributed by atoms with E-state index in [1.165, 1.54) is 0 Å². The maximum absolute atomic E-state index is 12.2. The van der Waals surface area contributed by atoms with Gasteiger partial charge >= 0.3 is 0 Å². The second kappa shape index (κ2) is 7.43. The number of aliphatic hydroxyl groups excluding tert-OH is 1. The number of hydrogen-bond acceptors (Lipinski definition) is 3. The van der Waals surface area contributed by atoms with Crippen molar-refractivity contribution in [2.45, 2.75) is 46.6 Å². The minimum absolute atomic E-state index is 0.0410. The number of carbonyl (C=O) groups excluding carboxylic acids is 1. The van der Waals surface area contributed by atoms with Crippen LogP contribution in [-0.4, -0.2) is 33.4 Å². The quantitative estimate of drug-likeness (QED) is 0.800. The Hall–Kier alpha value is -1.36. The summed E-state index contributed by atoms with van der Waals surface area (Å²) in [5, 5.41) is 16.6. The highest BCUT2D eigenvalue weighted by Crippen LogP contribution is 2.10. The first-order valence-electron chi connectivity index (χ1n) is 7.28. The van der Waals surface area contributed by atoms with Gasteiger partial charge in [0.15, 0.2) is 0 Å². The Morgan fingerprint density at radius 1 is 1.35 bits per heavy atom. The molecule has 5 heteroatoms. The lowest BCUT2D eigenvalue weighted by atomic mass is 10.0. The van der Waals surface area contributed by atoms with E-state index in [0.29, 0.717) is 17.5 Å². The Kier molecular flexibility index (Phi) is 6.20. The van der Waals surface area contributed by atoms with Gasteiger partial charge in [-0.3, -0.25) is 9.48 Å². The molecule has 0 aromatic carbocycles. The molecular weight excluding hydrogens is 254 g/mol. The first-order chi connectivity index (χ1) is 9.33. The van der Waals surface area contributed by atoms with E-state index in [4.69, 9.17) is 0 Å². The molecule has 1 rings (SSSR count). The van der Waals surface area contributed by atoms with E-state index in [9.17, 15) is 9.90 Å². The minimum atomic E-state index is -0.203. The van der Waals surface area contributed by atoms with Gasteiger partial charge in [0.25, 0.3) is 5.91 Å². The fourth-order valence-electron chi connectivity index (χ4n) is 2.26. The molecule has 20 heavy (non-hydrogen) atoms. The van der Waals surface area contributed by atoms with Crippen LogP contribution < -0.4 is 5.32 Å². The standard InChI is InChI=1S/C15H27N3O2/c1-10(2)6-12-8-14(18(5)17-12)15(20)16-13(9-19)7-11(3)4/h8,10-11,13,19H,6-7,9H2,1-5H3,(H,16,20)/t13-/m0/s1. The zero-order valence-corrected chi connectivity index (χ0v) is 13.2. The maximum Gasteiger partial charge on any atom is 0.269 e. The number of aromatic nitrogens is 2. The summed E-state index contributed by atoms with van der Waals surface area (Å²) in [6.07, 6.45) is 1.62. The largest absolute Gasteiger partial charge is 0.394 e. The molecule has 114 valence electrons. The Morgan fingerprint density at radius 2 is 2.00 bits per heavy atom. The van der Waals surface area contributed by atoms with Gasteiger partial charge in [-0.15, -0.1) is 0 Å². The summed E-state index contributed by atoms with van der Waals surface area (Å²) in [5.74, 6) is 0.761. The monoisotopic (exact) mass is 281 g/mol. The number of hydrogen-bond donors (Lipinski definition) is 2. The highest BCUT2D eigenvalue weighted by atomic mass is 16.3. The number of rotatable bonds is 7. The molecule has 1 atom stereocenters. The van der Waals surface area contributed by atoms with E-state index < -0.39 is 0 Å². The van der Waals surface area contributed by atoms with Crippen LogP contribution in [-0.2, 0) is 13.5 Å². The molecule has 0 saturated heterocycles. The molecule has 0 radical (unpaired) electrons. The Labute approximate surface area is 121 Å². The van der Waals surface area contributed by atoms with Crippen LogP contribution in [0.1, 0.15) is 50.3 Å². The average Bonchev–Trinajstić information content (AvgIpc) is 2.67. The fraction of sp³-hybridized carbons (Fsp3) is 0.733. The summed E-state index contributed by atoms with van der Waals surface area (Å²) < 4.78 is 1.61. The molecule has 2 N–H and O–H groups in total. The SMILES string of the molecule is CC(C)Cc1cc(C(=O)N[C@H](CO)CC(C)C)n(C)n1. The summed E-state index contributed by atoms with van der Waals surface area (Å²) in [6.45, 7) is 8.34. The number of aliphatic hydroxyl groups is 1. The van der Waals surface area contributed by atoms with Crippen molar-refractivity contribution >= 4 is 5.91 Å². The van der Waals surface area contributed by atoms with Crippen molar-refractivity contribution in [3.8, 4) is 0 Å². The fourth-order valence-corrected chi connectivity index (χ4v) is 2.26. The Balaban J connectivity index is 2.73. The molecule has 0 aliphatic heterocycles. The van der Waals surface area contributed by atoms with Crippen LogP contribution in [0.25, 0.3) is 0 Å². The summed E-state index contributed by atoms with van der Waals surface area (Å²) >= 11 is 0. The highest BCUT2D eigenvalue weighted by molar-refractivity contribution is 5.92. The predicted octanol–water partition coefficient (Wildman–Crippen LogP) is 1.76. The van der Waals surface area contributed by atoms with Crippen LogP contribution >= 0.6 is 0 Å². The summed E-state index contributed by atoms with van der Waals surface area (Å²) in [4.78, 5) is 12.2. The molecule has 0 spiro atoms. The molecule has 1 aromatic heterocycles. The molecule has 0 fully saturated rings. The van der Waals surface area contributed by atoms with Crippen LogP contribution in [0.5, 0.6) is 0 Å². The third-order valence-corrected chi connectivity index (χ3v) is 3.09. The number of nitrogens with one attached hydrogen (secondary N) is 1. The lowest BCUT2D eigenvalue weighted by Gasteiger charge is -2.18. The summed E-state index contributed by atoms with van der Waals surface area (Å²) in [5.41, 5.74) is 1.47. The minimum Gasteiger partial charge on any atom is -0.394 e. The molecule has 0 aliphatic rings. The van der Waals surface area contributed by atoms with Crippen LogP contribution in [0.3, 0.4) is 0 Å². The van der Waals surface area contributed by atoms with Gasteiger partial charge in [-0.2, -0.15) is 5.10 Å². The van der Waals surface area contributed by atoms with E-state index in [0.717, 1.165) is 18.5 Å². The van der Waals surface area contributed by atoms with Gasteiger partial charge in [-0.25, -0.2) is 0 Å². The number of carbonyl (C=O) groups is 1. The van der Waals surface area contributed by atoms with Crippen LogP contribution in [0.15, 0.2) is 6.07 Å². The molecule has 1 amide bonds. The van der Waals surface area contributed by atoms with Crippen molar-refractivity contribution < 1.29 is 9.90 Å². The van der Waals surface area contributed by atoms with Crippen molar-refractivity contribution in [2.75, 3.05) is 6.61 Å². The van der Waals surface area contributed by atoms with Crippen LogP contribution in [0.4, 0.5) is 0 Å². The van der Waals surface area contributed by atoms with E-state index in [2.05, 4.69) is 38.1 Å². The van der Waals surface area contributed by atoms with Gasteiger partial charge in [-0.05, 0) is 30.7 Å². The first-order valence-corrected chi connectivity index (χ1v) is 7.28. The first kappa shape index (κ1) is 16.7.